The van der Waals surface area contributed by atoms with Crippen molar-refractivity contribution in [2.45, 2.75) is 13.3 Å². The van der Waals surface area contributed by atoms with Gasteiger partial charge in [0.15, 0.2) is 0 Å². The molecule has 0 atom stereocenters. The lowest BCUT2D eigenvalue weighted by molar-refractivity contribution is 0.317. The molecule has 1 N–H and O–H groups in total. The number of nitrogens with one attached hydrogen (secondary N) is 1. The zero-order valence-electron chi connectivity index (χ0n) is 8.73. The number of ether oxygens (including phenoxy) is 1. The number of aromatic amines is 1. The summed E-state index contributed by atoms with van der Waals surface area (Å²) in [5, 5.41) is 6.84. The molecule has 3 heteroatoms. The summed E-state index contributed by atoms with van der Waals surface area (Å²) in [6.45, 7) is 2.86. The summed E-state index contributed by atoms with van der Waals surface area (Å²) in [5.74, 6) is 0.917. The lowest BCUT2D eigenvalue weighted by Crippen LogP contribution is -1.94. The quantitative estimate of drug-likeness (QED) is 0.827. The van der Waals surface area contributed by atoms with E-state index in [1.807, 2.05) is 30.3 Å². The molecule has 0 saturated heterocycles. The van der Waals surface area contributed by atoms with E-state index in [4.69, 9.17) is 4.74 Å². The van der Waals surface area contributed by atoms with Crippen molar-refractivity contribution in [1.82, 2.24) is 10.2 Å². The zero-order chi connectivity index (χ0) is 10.5. The Bertz CT molecular complexity index is 392. The van der Waals surface area contributed by atoms with E-state index in [-0.39, 0.29) is 0 Å². The predicted molar refractivity (Wildman–Crippen MR) is 59.8 cm³/mol. The molecule has 1 heterocycles. The molecule has 2 aromatic rings. The molecule has 0 spiro atoms. The average molecular weight is 202 g/mol. The van der Waals surface area contributed by atoms with Crippen molar-refractivity contribution in [3.63, 3.8) is 0 Å². The standard InChI is InChI=1S/C12H14N2O/c1-2-9-15-11-5-3-10(4-6-11)12-7-8-13-14-12/h3-8H,2,9H2,1H3,(H,13,14). The van der Waals surface area contributed by atoms with Gasteiger partial charge in [0.1, 0.15) is 5.75 Å². The van der Waals surface area contributed by atoms with Crippen molar-refractivity contribution >= 4 is 0 Å². The van der Waals surface area contributed by atoms with Gasteiger partial charge in [-0.05, 0) is 42.3 Å². The molecule has 0 unspecified atom stereocenters. The normalized spacial score (nSPS) is 10.2. The number of nitrogens with zero attached hydrogens (tertiary/aromatic N) is 1. The van der Waals surface area contributed by atoms with Crippen LogP contribution in [0, 0.1) is 0 Å². The van der Waals surface area contributed by atoms with Crippen molar-refractivity contribution < 1.29 is 4.74 Å². The summed E-state index contributed by atoms with van der Waals surface area (Å²) in [5.41, 5.74) is 2.15. The Morgan fingerprint density at radius 1 is 1.20 bits per heavy atom. The van der Waals surface area contributed by atoms with Crippen LogP contribution in [0.2, 0.25) is 0 Å². The molecule has 0 aliphatic carbocycles. The highest BCUT2D eigenvalue weighted by atomic mass is 16.5. The van der Waals surface area contributed by atoms with E-state index in [2.05, 4.69) is 17.1 Å². The van der Waals surface area contributed by atoms with E-state index in [0.717, 1.165) is 30.0 Å². The van der Waals surface area contributed by atoms with Crippen LogP contribution in [0.1, 0.15) is 13.3 Å². The minimum absolute atomic E-state index is 0.767. The molecule has 0 aliphatic rings. The fourth-order valence-corrected chi connectivity index (χ4v) is 1.37. The fourth-order valence-electron chi connectivity index (χ4n) is 1.37. The maximum absolute atomic E-state index is 5.50. The van der Waals surface area contributed by atoms with Gasteiger partial charge in [-0.2, -0.15) is 5.10 Å². The van der Waals surface area contributed by atoms with Crippen molar-refractivity contribution in [1.29, 1.82) is 0 Å². The molecule has 1 aromatic carbocycles. The highest BCUT2D eigenvalue weighted by Gasteiger charge is 1.98. The summed E-state index contributed by atoms with van der Waals surface area (Å²) in [4.78, 5) is 0. The Balaban J connectivity index is 2.11. The minimum atomic E-state index is 0.767. The predicted octanol–water partition coefficient (Wildman–Crippen LogP) is 2.87. The highest BCUT2D eigenvalue weighted by Crippen LogP contribution is 2.20. The number of rotatable bonds is 4. The van der Waals surface area contributed by atoms with E-state index in [1.54, 1.807) is 6.20 Å². The number of hydrogen-bond acceptors (Lipinski definition) is 2. The smallest absolute Gasteiger partial charge is 0.119 e. The molecular weight excluding hydrogens is 188 g/mol. The van der Waals surface area contributed by atoms with E-state index < -0.39 is 0 Å². The third-order valence-corrected chi connectivity index (χ3v) is 2.14. The van der Waals surface area contributed by atoms with Gasteiger partial charge in [-0.15, -0.1) is 0 Å². The van der Waals surface area contributed by atoms with Gasteiger partial charge < -0.3 is 4.74 Å². The lowest BCUT2D eigenvalue weighted by Gasteiger charge is -2.04. The van der Waals surface area contributed by atoms with Crippen LogP contribution in [0.4, 0.5) is 0 Å². The van der Waals surface area contributed by atoms with E-state index in [0.29, 0.717) is 0 Å². The maximum Gasteiger partial charge on any atom is 0.119 e. The number of H-pyrrole nitrogens is 1. The fraction of sp³-hybridized carbons (Fsp3) is 0.250. The first kappa shape index (κ1) is 9.77. The first-order valence-corrected chi connectivity index (χ1v) is 5.13. The molecule has 1 aromatic heterocycles. The Labute approximate surface area is 89.1 Å². The number of hydrogen-bond donors (Lipinski definition) is 1. The molecule has 2 rings (SSSR count). The third kappa shape index (κ3) is 2.37. The Morgan fingerprint density at radius 3 is 2.60 bits per heavy atom. The van der Waals surface area contributed by atoms with Gasteiger partial charge in [0, 0.05) is 6.20 Å². The van der Waals surface area contributed by atoms with Crippen LogP contribution < -0.4 is 4.74 Å². The van der Waals surface area contributed by atoms with Crippen LogP contribution in [0.3, 0.4) is 0 Å². The summed E-state index contributed by atoms with van der Waals surface area (Å²) in [6, 6.07) is 9.95. The van der Waals surface area contributed by atoms with Crippen LogP contribution in [-0.4, -0.2) is 16.8 Å². The first-order chi connectivity index (χ1) is 7.40. The van der Waals surface area contributed by atoms with Crippen molar-refractivity contribution in [3.8, 4) is 17.0 Å². The Hall–Kier alpha value is -1.77. The summed E-state index contributed by atoms with van der Waals surface area (Å²) in [6.07, 6.45) is 2.78. The van der Waals surface area contributed by atoms with Crippen LogP contribution >= 0.6 is 0 Å². The molecule has 15 heavy (non-hydrogen) atoms. The Morgan fingerprint density at radius 2 is 2.00 bits per heavy atom. The van der Waals surface area contributed by atoms with Crippen molar-refractivity contribution in [3.05, 3.63) is 36.5 Å². The third-order valence-electron chi connectivity index (χ3n) is 2.14. The molecular formula is C12H14N2O. The number of benzene rings is 1. The van der Waals surface area contributed by atoms with Crippen LogP contribution in [0.5, 0.6) is 5.75 Å². The monoisotopic (exact) mass is 202 g/mol. The van der Waals surface area contributed by atoms with Crippen molar-refractivity contribution in [2.75, 3.05) is 6.61 Å². The molecule has 0 radical (unpaired) electrons. The topological polar surface area (TPSA) is 37.9 Å². The van der Waals surface area contributed by atoms with Crippen LogP contribution in [-0.2, 0) is 0 Å². The number of aromatic nitrogens is 2. The van der Waals surface area contributed by atoms with Gasteiger partial charge in [-0.25, -0.2) is 0 Å². The van der Waals surface area contributed by atoms with Crippen molar-refractivity contribution in [2.24, 2.45) is 0 Å². The van der Waals surface area contributed by atoms with Gasteiger partial charge in [0.2, 0.25) is 0 Å². The Kier molecular flexibility index (Phi) is 3.02. The molecule has 0 bridgehead atoms. The van der Waals surface area contributed by atoms with Gasteiger partial charge in [0.25, 0.3) is 0 Å². The molecule has 78 valence electrons. The molecule has 3 nitrogen and oxygen atoms in total. The summed E-state index contributed by atoms with van der Waals surface area (Å²) < 4.78 is 5.50. The maximum atomic E-state index is 5.50. The van der Waals surface area contributed by atoms with Gasteiger partial charge >= 0.3 is 0 Å². The van der Waals surface area contributed by atoms with Crippen LogP contribution in [0.15, 0.2) is 36.5 Å². The average Bonchev–Trinajstić information content (AvgIpc) is 2.80. The molecule has 0 saturated carbocycles. The van der Waals surface area contributed by atoms with Gasteiger partial charge in [0.05, 0.1) is 12.3 Å². The molecule has 0 fully saturated rings. The second-order valence-corrected chi connectivity index (χ2v) is 3.34. The van der Waals surface area contributed by atoms with Gasteiger partial charge in [-0.3, -0.25) is 5.10 Å². The second-order valence-electron chi connectivity index (χ2n) is 3.34. The van der Waals surface area contributed by atoms with E-state index >= 15 is 0 Å². The molecule has 0 amide bonds. The van der Waals surface area contributed by atoms with Gasteiger partial charge in [-0.1, -0.05) is 6.92 Å². The summed E-state index contributed by atoms with van der Waals surface area (Å²) in [7, 11) is 0. The van der Waals surface area contributed by atoms with E-state index in [9.17, 15) is 0 Å². The van der Waals surface area contributed by atoms with Crippen LogP contribution in [0.25, 0.3) is 11.3 Å². The minimum Gasteiger partial charge on any atom is -0.494 e. The largest absolute Gasteiger partial charge is 0.494 e. The zero-order valence-corrected chi connectivity index (χ0v) is 8.73. The lowest BCUT2D eigenvalue weighted by atomic mass is 10.1. The highest BCUT2D eigenvalue weighted by molar-refractivity contribution is 5.59. The second kappa shape index (κ2) is 4.64. The van der Waals surface area contributed by atoms with E-state index in [1.165, 1.54) is 0 Å². The molecule has 0 aliphatic heterocycles. The SMILES string of the molecule is CCCOc1ccc(-c2ccn[nH]2)cc1. The summed E-state index contributed by atoms with van der Waals surface area (Å²) >= 11 is 0. The first-order valence-electron chi connectivity index (χ1n) is 5.13.